The molecule has 0 spiro atoms. The first-order chi connectivity index (χ1) is 7.64. The first-order valence-electron chi connectivity index (χ1n) is 5.02. The summed E-state index contributed by atoms with van der Waals surface area (Å²) in [6.07, 6.45) is 2.14. The van der Waals surface area contributed by atoms with Crippen LogP contribution in [0.1, 0.15) is 12.1 Å². The molecule has 0 aliphatic rings. The zero-order valence-corrected chi connectivity index (χ0v) is 10.00. The fraction of sp³-hybridized carbons (Fsp3) is 0.556. The van der Waals surface area contributed by atoms with Gasteiger partial charge in [0.05, 0.1) is 18.0 Å². The van der Waals surface area contributed by atoms with Gasteiger partial charge in [0.1, 0.15) is 0 Å². The van der Waals surface area contributed by atoms with E-state index >= 15 is 0 Å². The van der Waals surface area contributed by atoms with Crippen molar-refractivity contribution in [2.24, 2.45) is 0 Å². The lowest BCUT2D eigenvalue weighted by molar-refractivity contribution is 0.576. The Bertz CT molecular complexity index is 393. The van der Waals surface area contributed by atoms with Gasteiger partial charge in [0.15, 0.2) is 0 Å². The van der Waals surface area contributed by atoms with Crippen LogP contribution in [0.15, 0.2) is 18.3 Å². The van der Waals surface area contributed by atoms with Gasteiger partial charge >= 0.3 is 0 Å². The van der Waals surface area contributed by atoms with E-state index < -0.39 is 10.0 Å². The minimum atomic E-state index is -3.21. The van der Waals surface area contributed by atoms with Gasteiger partial charge in [-0.25, -0.2) is 13.1 Å². The summed E-state index contributed by atoms with van der Waals surface area (Å²) in [5, 5.41) is 10.4. The lowest BCUT2D eigenvalue weighted by Gasteiger charge is -2.05. The molecule has 2 N–H and O–H groups in total. The third-order valence-electron chi connectivity index (χ3n) is 1.94. The van der Waals surface area contributed by atoms with Crippen LogP contribution >= 0.6 is 0 Å². The van der Waals surface area contributed by atoms with E-state index in [2.05, 4.69) is 20.2 Å². The molecule has 6 nitrogen and oxygen atoms in total. The molecular weight excluding hydrogens is 228 g/mol. The average Bonchev–Trinajstić information content (AvgIpc) is 2.28. The van der Waals surface area contributed by atoms with E-state index in [4.69, 9.17) is 0 Å². The second kappa shape index (κ2) is 6.51. The summed E-state index contributed by atoms with van der Waals surface area (Å²) in [5.41, 5.74) is 0.611. The van der Waals surface area contributed by atoms with Crippen molar-refractivity contribution >= 4 is 10.0 Å². The topological polar surface area (TPSA) is 84.0 Å². The van der Waals surface area contributed by atoms with Crippen LogP contribution in [0.4, 0.5) is 0 Å². The maximum absolute atomic E-state index is 11.5. The van der Waals surface area contributed by atoms with Crippen molar-refractivity contribution in [2.75, 3.05) is 19.3 Å². The van der Waals surface area contributed by atoms with Gasteiger partial charge in [-0.2, -0.15) is 10.2 Å². The Morgan fingerprint density at radius 3 is 2.88 bits per heavy atom. The van der Waals surface area contributed by atoms with Crippen molar-refractivity contribution in [1.82, 2.24) is 20.2 Å². The molecule has 16 heavy (non-hydrogen) atoms. The number of nitrogens with one attached hydrogen (secondary N) is 2. The summed E-state index contributed by atoms with van der Waals surface area (Å²) >= 11 is 0. The van der Waals surface area contributed by atoms with E-state index in [0.717, 1.165) is 0 Å². The lowest BCUT2D eigenvalue weighted by Crippen LogP contribution is -2.27. The molecule has 0 bridgehead atoms. The Kier molecular flexibility index (Phi) is 5.30. The van der Waals surface area contributed by atoms with Crippen molar-refractivity contribution in [1.29, 1.82) is 0 Å². The van der Waals surface area contributed by atoms with Crippen LogP contribution < -0.4 is 10.0 Å². The normalized spacial score (nSPS) is 11.6. The van der Waals surface area contributed by atoms with E-state index in [-0.39, 0.29) is 12.3 Å². The highest BCUT2D eigenvalue weighted by Gasteiger charge is 2.09. The van der Waals surface area contributed by atoms with E-state index in [1.807, 2.05) is 0 Å². The highest BCUT2D eigenvalue weighted by molar-refractivity contribution is 7.89. The summed E-state index contributed by atoms with van der Waals surface area (Å²) in [5.74, 6) is 0.119. The molecule has 0 radical (unpaired) electrons. The molecule has 1 aromatic rings. The van der Waals surface area contributed by atoms with E-state index in [9.17, 15) is 8.42 Å². The predicted octanol–water partition coefficient (Wildman–Crippen LogP) is -0.494. The standard InChI is InChI=1S/C9H16N4O2S/c1-10-5-3-7-16(14,15)12-8-9-4-2-6-11-13-9/h2,4,6,10,12H,3,5,7-8H2,1H3. The van der Waals surface area contributed by atoms with Gasteiger partial charge in [0.25, 0.3) is 0 Å². The number of aromatic nitrogens is 2. The molecule has 0 atom stereocenters. The SMILES string of the molecule is CNCCCS(=O)(=O)NCc1cccnn1. The summed E-state index contributed by atoms with van der Waals surface area (Å²) in [4.78, 5) is 0. The Morgan fingerprint density at radius 1 is 1.44 bits per heavy atom. The third kappa shape index (κ3) is 5.15. The number of nitrogens with zero attached hydrogens (tertiary/aromatic N) is 2. The van der Waals surface area contributed by atoms with Crippen LogP contribution in [0, 0.1) is 0 Å². The number of sulfonamides is 1. The summed E-state index contributed by atoms with van der Waals surface area (Å²) in [7, 11) is -1.42. The van der Waals surface area contributed by atoms with Crippen LogP contribution in [0.2, 0.25) is 0 Å². The Morgan fingerprint density at radius 2 is 2.25 bits per heavy atom. The van der Waals surface area contributed by atoms with Crippen LogP contribution in [0.3, 0.4) is 0 Å². The van der Waals surface area contributed by atoms with Crippen LogP contribution in [0.5, 0.6) is 0 Å². The molecule has 0 aliphatic carbocycles. The Labute approximate surface area is 95.5 Å². The Balaban J connectivity index is 2.36. The zero-order chi connectivity index (χ0) is 11.9. The first-order valence-corrected chi connectivity index (χ1v) is 6.68. The van der Waals surface area contributed by atoms with E-state index in [1.165, 1.54) is 0 Å². The molecule has 0 saturated carbocycles. The van der Waals surface area contributed by atoms with Crippen LogP contribution in [-0.4, -0.2) is 38.0 Å². The molecule has 7 heteroatoms. The van der Waals surface area contributed by atoms with Crippen molar-refractivity contribution in [2.45, 2.75) is 13.0 Å². The molecular formula is C9H16N4O2S. The van der Waals surface area contributed by atoms with Gasteiger partial charge in [0, 0.05) is 6.20 Å². The van der Waals surface area contributed by atoms with Crippen LogP contribution in [-0.2, 0) is 16.6 Å². The summed E-state index contributed by atoms with van der Waals surface area (Å²) in [6.45, 7) is 0.877. The monoisotopic (exact) mass is 244 g/mol. The molecule has 0 unspecified atom stereocenters. The molecule has 0 fully saturated rings. The van der Waals surface area contributed by atoms with Crippen molar-refractivity contribution in [3.63, 3.8) is 0 Å². The lowest BCUT2D eigenvalue weighted by atomic mass is 10.4. The maximum Gasteiger partial charge on any atom is 0.211 e. The molecule has 1 rings (SSSR count). The van der Waals surface area contributed by atoms with Crippen molar-refractivity contribution < 1.29 is 8.42 Å². The summed E-state index contributed by atoms with van der Waals surface area (Å²) < 4.78 is 25.5. The summed E-state index contributed by atoms with van der Waals surface area (Å²) in [6, 6.07) is 3.45. The molecule has 0 amide bonds. The smallest absolute Gasteiger partial charge is 0.211 e. The minimum absolute atomic E-state index is 0.119. The van der Waals surface area contributed by atoms with Gasteiger partial charge in [-0.05, 0) is 32.1 Å². The predicted molar refractivity (Wildman–Crippen MR) is 61.2 cm³/mol. The molecule has 1 heterocycles. The molecule has 0 aliphatic heterocycles. The number of hydrogen-bond acceptors (Lipinski definition) is 5. The molecule has 0 aromatic carbocycles. The van der Waals surface area contributed by atoms with Gasteiger partial charge < -0.3 is 5.32 Å². The van der Waals surface area contributed by atoms with E-state index in [0.29, 0.717) is 18.7 Å². The second-order valence-electron chi connectivity index (χ2n) is 3.31. The average molecular weight is 244 g/mol. The maximum atomic E-state index is 11.5. The van der Waals surface area contributed by atoms with Crippen molar-refractivity contribution in [3.05, 3.63) is 24.0 Å². The van der Waals surface area contributed by atoms with Gasteiger partial charge in [0.2, 0.25) is 10.0 Å². The van der Waals surface area contributed by atoms with Gasteiger partial charge in [-0.15, -0.1) is 0 Å². The van der Waals surface area contributed by atoms with Gasteiger partial charge in [-0.3, -0.25) is 0 Å². The van der Waals surface area contributed by atoms with Gasteiger partial charge in [-0.1, -0.05) is 0 Å². The fourth-order valence-corrected chi connectivity index (χ4v) is 2.16. The van der Waals surface area contributed by atoms with Crippen molar-refractivity contribution in [3.8, 4) is 0 Å². The second-order valence-corrected chi connectivity index (χ2v) is 5.24. The van der Waals surface area contributed by atoms with Crippen LogP contribution in [0.25, 0.3) is 0 Å². The minimum Gasteiger partial charge on any atom is -0.320 e. The zero-order valence-electron chi connectivity index (χ0n) is 9.18. The number of hydrogen-bond donors (Lipinski definition) is 2. The highest BCUT2D eigenvalue weighted by Crippen LogP contribution is 1.94. The first kappa shape index (κ1) is 13.0. The number of rotatable bonds is 7. The van der Waals surface area contributed by atoms with E-state index in [1.54, 1.807) is 25.4 Å². The largest absolute Gasteiger partial charge is 0.320 e. The Hall–Kier alpha value is -1.05. The highest BCUT2D eigenvalue weighted by atomic mass is 32.2. The third-order valence-corrected chi connectivity index (χ3v) is 3.35. The molecule has 0 saturated heterocycles. The molecule has 1 aromatic heterocycles. The molecule has 90 valence electrons. The fourth-order valence-electron chi connectivity index (χ4n) is 1.12. The quantitative estimate of drug-likeness (QED) is 0.632.